The summed E-state index contributed by atoms with van der Waals surface area (Å²) in [7, 11) is 0. The van der Waals surface area contributed by atoms with Crippen LogP contribution in [0.2, 0.25) is 0 Å². The van der Waals surface area contributed by atoms with Crippen molar-refractivity contribution in [2.24, 2.45) is 23.7 Å². The summed E-state index contributed by atoms with van der Waals surface area (Å²) >= 11 is -1.50. The number of hydrogen-bond donors (Lipinski definition) is 0. The summed E-state index contributed by atoms with van der Waals surface area (Å²) in [5.74, 6) is 2.38. The molecule has 2 fully saturated rings. The Morgan fingerprint density at radius 2 is 1.62 bits per heavy atom. The fourth-order valence-electron chi connectivity index (χ4n) is 2.82. The molecule has 0 radical (unpaired) electrons. The predicted octanol–water partition coefficient (Wildman–Crippen LogP) is 1.05. The van der Waals surface area contributed by atoms with Crippen LogP contribution in [0.15, 0.2) is 12.2 Å². The van der Waals surface area contributed by atoms with Crippen LogP contribution in [-0.2, 0) is 19.7 Å². The van der Waals surface area contributed by atoms with Gasteiger partial charge in [-0.25, -0.2) is 0 Å². The third kappa shape index (κ3) is 1.20. The van der Waals surface area contributed by atoms with E-state index in [1.807, 2.05) is 0 Å². The van der Waals surface area contributed by atoms with Gasteiger partial charge in [0.15, 0.2) is 0 Å². The standard InChI is InChI=1S/C9H12O3S/c10-13-11-4-8-6-1-2-7(3-6)9(8)5-12-13/h1-2,6-9H,3-5H2. The number of rotatable bonds is 0. The molecule has 0 N–H and O–H groups in total. The van der Waals surface area contributed by atoms with Crippen LogP contribution in [0.1, 0.15) is 6.42 Å². The molecule has 1 heterocycles. The summed E-state index contributed by atoms with van der Waals surface area (Å²) in [5, 5.41) is 0. The molecule has 3 nitrogen and oxygen atoms in total. The largest absolute Gasteiger partial charge is 0.304 e. The minimum Gasteiger partial charge on any atom is -0.268 e. The summed E-state index contributed by atoms with van der Waals surface area (Å²) in [6, 6.07) is 0. The van der Waals surface area contributed by atoms with Crippen LogP contribution >= 0.6 is 0 Å². The van der Waals surface area contributed by atoms with Gasteiger partial charge in [-0.2, -0.15) is 4.21 Å². The van der Waals surface area contributed by atoms with Gasteiger partial charge in [0.2, 0.25) is 0 Å². The highest BCUT2D eigenvalue weighted by molar-refractivity contribution is 7.75. The highest BCUT2D eigenvalue weighted by atomic mass is 32.2. The average molecular weight is 200 g/mol. The van der Waals surface area contributed by atoms with Gasteiger partial charge in [0.1, 0.15) is 0 Å². The molecule has 1 saturated carbocycles. The monoisotopic (exact) mass is 200 g/mol. The maximum absolute atomic E-state index is 11.0. The first kappa shape index (κ1) is 8.15. The minimum absolute atomic E-state index is 0.543. The second-order valence-electron chi connectivity index (χ2n) is 4.05. The van der Waals surface area contributed by atoms with Crippen LogP contribution in [0.3, 0.4) is 0 Å². The second-order valence-corrected chi connectivity index (χ2v) is 4.93. The van der Waals surface area contributed by atoms with Crippen molar-refractivity contribution in [2.45, 2.75) is 6.42 Å². The Kier molecular flexibility index (Phi) is 1.82. The van der Waals surface area contributed by atoms with E-state index < -0.39 is 11.4 Å². The van der Waals surface area contributed by atoms with E-state index in [0.29, 0.717) is 36.9 Å². The fourth-order valence-corrected chi connectivity index (χ4v) is 3.43. The molecule has 0 spiro atoms. The van der Waals surface area contributed by atoms with Crippen LogP contribution < -0.4 is 0 Å². The van der Waals surface area contributed by atoms with Gasteiger partial charge >= 0.3 is 11.4 Å². The molecule has 2 bridgehead atoms. The molecule has 0 aromatic heterocycles. The summed E-state index contributed by atoms with van der Waals surface area (Å²) < 4.78 is 21.2. The zero-order valence-electron chi connectivity index (χ0n) is 7.22. The van der Waals surface area contributed by atoms with E-state index in [-0.39, 0.29) is 0 Å². The Balaban J connectivity index is 1.85. The lowest BCUT2D eigenvalue weighted by Gasteiger charge is -2.22. The van der Waals surface area contributed by atoms with Crippen molar-refractivity contribution in [1.82, 2.24) is 0 Å². The summed E-state index contributed by atoms with van der Waals surface area (Å²) in [6.07, 6.45) is 5.81. The van der Waals surface area contributed by atoms with Crippen molar-refractivity contribution in [3.05, 3.63) is 12.2 Å². The van der Waals surface area contributed by atoms with E-state index in [0.717, 1.165) is 0 Å². The topological polar surface area (TPSA) is 35.5 Å². The molecule has 1 saturated heterocycles. The molecule has 13 heavy (non-hydrogen) atoms. The molecule has 2 aliphatic carbocycles. The van der Waals surface area contributed by atoms with Crippen molar-refractivity contribution < 1.29 is 12.6 Å². The van der Waals surface area contributed by atoms with Gasteiger partial charge in [-0.1, -0.05) is 12.2 Å². The molecule has 4 unspecified atom stereocenters. The first-order valence-electron chi connectivity index (χ1n) is 4.71. The Bertz CT molecular complexity index is 252. The first-order chi connectivity index (χ1) is 6.34. The SMILES string of the molecule is O=S1OCC2C3C=CC(C3)C2CO1. The molecular formula is C9H12O3S. The van der Waals surface area contributed by atoms with E-state index in [1.165, 1.54) is 6.42 Å². The molecule has 72 valence electrons. The molecule has 0 amide bonds. The van der Waals surface area contributed by atoms with E-state index in [9.17, 15) is 4.21 Å². The van der Waals surface area contributed by atoms with Gasteiger partial charge < -0.3 is 0 Å². The summed E-state index contributed by atoms with van der Waals surface area (Å²) in [5.41, 5.74) is 0. The maximum Gasteiger partial charge on any atom is 0.304 e. The molecule has 3 aliphatic rings. The maximum atomic E-state index is 11.0. The lowest BCUT2D eigenvalue weighted by molar-refractivity contribution is 0.197. The van der Waals surface area contributed by atoms with Crippen molar-refractivity contribution in [3.8, 4) is 0 Å². The number of allylic oxidation sites excluding steroid dienone is 2. The quantitative estimate of drug-likeness (QED) is 0.548. The number of hydrogen-bond acceptors (Lipinski definition) is 3. The lowest BCUT2D eigenvalue weighted by atomic mass is 9.84. The third-order valence-electron chi connectivity index (χ3n) is 3.51. The smallest absolute Gasteiger partial charge is 0.268 e. The predicted molar refractivity (Wildman–Crippen MR) is 47.8 cm³/mol. The van der Waals surface area contributed by atoms with Crippen LogP contribution in [0.25, 0.3) is 0 Å². The van der Waals surface area contributed by atoms with Crippen molar-refractivity contribution in [2.75, 3.05) is 13.2 Å². The van der Waals surface area contributed by atoms with Gasteiger partial charge in [-0.3, -0.25) is 8.37 Å². The first-order valence-corrected chi connectivity index (χ1v) is 5.71. The van der Waals surface area contributed by atoms with Crippen molar-refractivity contribution >= 4 is 11.4 Å². The molecule has 4 atom stereocenters. The van der Waals surface area contributed by atoms with Gasteiger partial charge in [0, 0.05) is 0 Å². The minimum atomic E-state index is -1.50. The van der Waals surface area contributed by atoms with Gasteiger partial charge in [0.05, 0.1) is 13.2 Å². The molecule has 0 aromatic carbocycles. The third-order valence-corrected chi connectivity index (χ3v) is 4.17. The zero-order chi connectivity index (χ0) is 8.84. The lowest BCUT2D eigenvalue weighted by Crippen LogP contribution is -2.24. The molecule has 4 heteroatoms. The highest BCUT2D eigenvalue weighted by Crippen LogP contribution is 2.48. The van der Waals surface area contributed by atoms with Crippen molar-refractivity contribution in [1.29, 1.82) is 0 Å². The molecular weight excluding hydrogens is 188 g/mol. The van der Waals surface area contributed by atoms with Crippen molar-refractivity contribution in [3.63, 3.8) is 0 Å². The zero-order valence-corrected chi connectivity index (χ0v) is 8.03. The molecule has 1 aliphatic heterocycles. The summed E-state index contributed by atoms with van der Waals surface area (Å²) in [6.45, 7) is 1.20. The summed E-state index contributed by atoms with van der Waals surface area (Å²) in [4.78, 5) is 0. The molecule has 3 rings (SSSR count). The van der Waals surface area contributed by atoms with E-state index in [2.05, 4.69) is 12.2 Å². The van der Waals surface area contributed by atoms with Gasteiger partial charge in [-0.05, 0) is 30.1 Å². The van der Waals surface area contributed by atoms with E-state index in [4.69, 9.17) is 8.37 Å². The van der Waals surface area contributed by atoms with E-state index >= 15 is 0 Å². The Hall–Kier alpha value is -0.190. The average Bonchev–Trinajstić information content (AvgIpc) is 2.66. The molecule has 0 aromatic rings. The van der Waals surface area contributed by atoms with Crippen LogP contribution in [0.5, 0.6) is 0 Å². The fraction of sp³-hybridized carbons (Fsp3) is 0.778. The van der Waals surface area contributed by atoms with E-state index in [1.54, 1.807) is 0 Å². The Labute approximate surface area is 80.0 Å². The van der Waals surface area contributed by atoms with Crippen LogP contribution in [0, 0.1) is 23.7 Å². The van der Waals surface area contributed by atoms with Crippen LogP contribution in [-0.4, -0.2) is 17.4 Å². The van der Waals surface area contributed by atoms with Gasteiger partial charge in [-0.15, -0.1) is 0 Å². The Morgan fingerprint density at radius 1 is 1.08 bits per heavy atom. The normalized spacial score (nSPS) is 53.4. The van der Waals surface area contributed by atoms with Crippen LogP contribution in [0.4, 0.5) is 0 Å². The second kappa shape index (κ2) is 2.90. The highest BCUT2D eigenvalue weighted by Gasteiger charge is 2.46. The van der Waals surface area contributed by atoms with Gasteiger partial charge in [0.25, 0.3) is 0 Å². The Morgan fingerprint density at radius 3 is 2.15 bits per heavy atom. The number of fused-ring (bicyclic) bond motifs is 5.